The van der Waals surface area contributed by atoms with Crippen molar-refractivity contribution in [3.05, 3.63) is 11.6 Å². The molecule has 1 saturated heterocycles. The summed E-state index contributed by atoms with van der Waals surface area (Å²) >= 11 is 0. The molecule has 0 saturated carbocycles. The Morgan fingerprint density at radius 1 is 1.12 bits per heavy atom. The molecule has 0 bridgehead atoms. The third-order valence-electron chi connectivity index (χ3n) is 4.86. The van der Waals surface area contributed by atoms with E-state index in [0.717, 1.165) is 0 Å². The van der Waals surface area contributed by atoms with Crippen LogP contribution in [0.25, 0.3) is 0 Å². The average Bonchev–Trinajstić information content (AvgIpc) is 2.59. The van der Waals surface area contributed by atoms with Gasteiger partial charge in [-0.2, -0.15) is 0 Å². The molecule has 1 aliphatic carbocycles. The fourth-order valence-electron chi connectivity index (χ4n) is 3.28. The Morgan fingerprint density at radius 2 is 1.79 bits per heavy atom. The maximum atomic E-state index is 10.3. The average molecular weight is 349 g/mol. The number of hydrogen-bond acceptors (Lipinski definition) is 9. The number of aliphatic hydroxyl groups excluding tert-OH is 6. The van der Waals surface area contributed by atoms with Crippen LogP contribution in [-0.4, -0.2) is 99.9 Å². The highest BCUT2D eigenvalue weighted by molar-refractivity contribution is 5.21. The fourth-order valence-corrected chi connectivity index (χ4v) is 3.28. The summed E-state index contributed by atoms with van der Waals surface area (Å²) in [6.45, 7) is 0.844. The molecule has 9 atom stereocenters. The van der Waals surface area contributed by atoms with Crippen LogP contribution in [0.3, 0.4) is 0 Å². The molecule has 0 spiro atoms. The molecular formula is C15H27NO8. The lowest BCUT2D eigenvalue weighted by Crippen LogP contribution is -2.67. The third-order valence-corrected chi connectivity index (χ3v) is 4.86. The van der Waals surface area contributed by atoms with Gasteiger partial charge in [-0.3, -0.25) is 0 Å². The van der Waals surface area contributed by atoms with E-state index in [-0.39, 0.29) is 6.61 Å². The minimum absolute atomic E-state index is 0.354. The Labute approximate surface area is 140 Å². The van der Waals surface area contributed by atoms with Gasteiger partial charge in [0, 0.05) is 13.0 Å². The highest BCUT2D eigenvalue weighted by Gasteiger charge is 2.46. The van der Waals surface area contributed by atoms with Gasteiger partial charge in [-0.25, -0.2) is 0 Å². The summed E-state index contributed by atoms with van der Waals surface area (Å²) in [5.74, 6) is -0.541. The number of aliphatic hydroxyl groups is 6. The predicted molar refractivity (Wildman–Crippen MR) is 81.8 cm³/mol. The number of rotatable bonds is 5. The second-order valence-corrected chi connectivity index (χ2v) is 6.35. The summed E-state index contributed by atoms with van der Waals surface area (Å²) in [6, 6.07) is -1.58. The fraction of sp³-hybridized carbons (Fsp3) is 0.867. The first kappa shape index (κ1) is 19.7. The molecular weight excluding hydrogens is 322 g/mol. The quantitative estimate of drug-likeness (QED) is 0.253. The van der Waals surface area contributed by atoms with Crippen LogP contribution >= 0.6 is 0 Å². The van der Waals surface area contributed by atoms with Crippen molar-refractivity contribution in [1.82, 2.24) is 5.32 Å². The van der Waals surface area contributed by atoms with E-state index < -0.39 is 61.4 Å². The molecule has 1 fully saturated rings. The maximum Gasteiger partial charge on any atom is 0.186 e. The molecule has 0 aromatic carbocycles. The molecule has 9 heteroatoms. The first-order chi connectivity index (χ1) is 11.3. The Kier molecular flexibility index (Phi) is 6.71. The van der Waals surface area contributed by atoms with Crippen LogP contribution in [0, 0.1) is 5.92 Å². The van der Waals surface area contributed by atoms with Gasteiger partial charge in [0.25, 0.3) is 0 Å². The molecule has 7 N–H and O–H groups in total. The Morgan fingerprint density at radius 3 is 2.33 bits per heavy atom. The summed E-state index contributed by atoms with van der Waals surface area (Å²) in [7, 11) is 1.31. The van der Waals surface area contributed by atoms with Crippen molar-refractivity contribution in [2.24, 2.45) is 5.92 Å². The van der Waals surface area contributed by atoms with Crippen molar-refractivity contribution in [2.75, 3.05) is 20.3 Å². The Bertz CT molecular complexity index is 445. The topological polar surface area (TPSA) is 152 Å². The van der Waals surface area contributed by atoms with Gasteiger partial charge in [0.2, 0.25) is 0 Å². The van der Waals surface area contributed by atoms with Crippen molar-refractivity contribution < 1.29 is 40.1 Å². The lowest BCUT2D eigenvalue weighted by molar-refractivity contribution is -0.273. The van der Waals surface area contributed by atoms with Gasteiger partial charge in [0.1, 0.15) is 18.3 Å². The van der Waals surface area contributed by atoms with E-state index in [4.69, 9.17) is 9.47 Å². The smallest absolute Gasteiger partial charge is 0.186 e. The lowest BCUT2D eigenvalue weighted by Gasteiger charge is -2.45. The van der Waals surface area contributed by atoms with Crippen LogP contribution in [0.15, 0.2) is 11.6 Å². The van der Waals surface area contributed by atoms with E-state index >= 15 is 0 Å². The normalized spacial score (nSPS) is 46.7. The second kappa shape index (κ2) is 8.17. The van der Waals surface area contributed by atoms with Crippen molar-refractivity contribution in [2.45, 2.75) is 55.8 Å². The van der Waals surface area contributed by atoms with Crippen LogP contribution in [0.4, 0.5) is 0 Å². The number of nitrogens with one attached hydrogen (secondary N) is 1. The van der Waals surface area contributed by atoms with Crippen molar-refractivity contribution in [3.8, 4) is 0 Å². The molecule has 1 heterocycles. The molecule has 0 amide bonds. The Balaban J connectivity index is 2.19. The summed E-state index contributed by atoms with van der Waals surface area (Å²) in [5.41, 5.74) is 0.354. The zero-order valence-corrected chi connectivity index (χ0v) is 13.7. The molecule has 2 aliphatic rings. The lowest BCUT2D eigenvalue weighted by atomic mass is 9.81. The maximum absolute atomic E-state index is 10.3. The molecule has 9 nitrogen and oxygen atoms in total. The van der Waals surface area contributed by atoms with Crippen LogP contribution < -0.4 is 5.32 Å². The van der Waals surface area contributed by atoms with Gasteiger partial charge < -0.3 is 45.4 Å². The van der Waals surface area contributed by atoms with Crippen LogP contribution in [-0.2, 0) is 9.47 Å². The summed E-state index contributed by atoms with van der Waals surface area (Å²) in [5, 5.41) is 62.5. The minimum atomic E-state index is -1.33. The monoisotopic (exact) mass is 349 g/mol. The summed E-state index contributed by atoms with van der Waals surface area (Å²) in [6.07, 6.45) is -5.04. The molecule has 0 aromatic heterocycles. The van der Waals surface area contributed by atoms with Crippen LogP contribution in [0.5, 0.6) is 0 Å². The third kappa shape index (κ3) is 3.64. The molecule has 3 unspecified atom stereocenters. The van der Waals surface area contributed by atoms with E-state index in [2.05, 4.69) is 5.32 Å². The second-order valence-electron chi connectivity index (χ2n) is 6.35. The van der Waals surface area contributed by atoms with E-state index in [0.29, 0.717) is 5.57 Å². The molecule has 140 valence electrons. The van der Waals surface area contributed by atoms with Gasteiger partial charge >= 0.3 is 0 Å². The van der Waals surface area contributed by atoms with E-state index in [1.54, 1.807) is 6.92 Å². The van der Waals surface area contributed by atoms with Gasteiger partial charge in [-0.1, -0.05) is 13.0 Å². The standard InChI is InChI=1S/C15H27NO8/c1-6-11(19)7(4-17)3-8(12(6)20)16-10-9(5-18)24-15(23-2)14(22)13(10)21/h3,6,8-22H,4-5H2,1-2H3/t6?,8?,9-,10?,11+,12-,13+,14+,15-/m1/s1. The van der Waals surface area contributed by atoms with Gasteiger partial charge in [0.05, 0.1) is 37.5 Å². The molecule has 0 radical (unpaired) electrons. The largest absolute Gasteiger partial charge is 0.394 e. The minimum Gasteiger partial charge on any atom is -0.394 e. The SMILES string of the molecule is CO[C@@H]1O[C@H](CO)C(NC2C=C(CO)[C@@H](O)C(C)[C@H]2O)[C@H](O)[C@@H]1O. The van der Waals surface area contributed by atoms with E-state index in [9.17, 15) is 30.6 Å². The van der Waals surface area contributed by atoms with Crippen molar-refractivity contribution in [1.29, 1.82) is 0 Å². The first-order valence-corrected chi connectivity index (χ1v) is 7.94. The Hall–Kier alpha value is -0.620. The van der Waals surface area contributed by atoms with Gasteiger partial charge in [0.15, 0.2) is 6.29 Å². The zero-order chi connectivity index (χ0) is 18.0. The first-order valence-electron chi connectivity index (χ1n) is 7.94. The molecule has 0 aromatic rings. The van der Waals surface area contributed by atoms with E-state index in [1.807, 2.05) is 0 Å². The highest BCUT2D eigenvalue weighted by atomic mass is 16.7. The van der Waals surface area contributed by atoms with Gasteiger partial charge in [-0.05, 0) is 5.57 Å². The zero-order valence-electron chi connectivity index (χ0n) is 13.7. The predicted octanol–water partition coefficient (Wildman–Crippen LogP) is -3.31. The van der Waals surface area contributed by atoms with Crippen LogP contribution in [0.1, 0.15) is 6.92 Å². The molecule has 1 aliphatic heterocycles. The number of ether oxygens (including phenoxy) is 2. The van der Waals surface area contributed by atoms with Gasteiger partial charge in [-0.15, -0.1) is 0 Å². The van der Waals surface area contributed by atoms with E-state index in [1.165, 1.54) is 13.2 Å². The van der Waals surface area contributed by atoms with Crippen molar-refractivity contribution >= 4 is 0 Å². The summed E-state index contributed by atoms with van der Waals surface area (Å²) in [4.78, 5) is 0. The highest BCUT2D eigenvalue weighted by Crippen LogP contribution is 2.28. The molecule has 24 heavy (non-hydrogen) atoms. The summed E-state index contributed by atoms with van der Waals surface area (Å²) < 4.78 is 10.3. The number of hydrogen-bond donors (Lipinski definition) is 7. The van der Waals surface area contributed by atoms with Crippen molar-refractivity contribution in [3.63, 3.8) is 0 Å². The molecule has 2 rings (SSSR count). The van der Waals surface area contributed by atoms with Crippen LogP contribution in [0.2, 0.25) is 0 Å². The number of methoxy groups -OCH3 is 1.